The first-order chi connectivity index (χ1) is 19.0. The molecule has 2 aliphatic rings. The lowest BCUT2D eigenvalue weighted by Gasteiger charge is -2.35. The number of benzene rings is 2. The van der Waals surface area contributed by atoms with Gasteiger partial charge < -0.3 is 14.8 Å². The monoisotopic (exact) mass is 525 g/mol. The standard InChI is InChI=1S/C32H35N3O4/c1-4-5-6-13-30(37)35-26-12-8-7-11-24(26)34-25-17-23(21-14-15-28(38-2)29(19-21)39-3)18-27(36)31(25)32(35)22-10-9-16-33-20-22/h7-12,14-16,19-20,23,32,34H,4-6,13,17-18H2,1-3H3. The van der Waals surface area contributed by atoms with Gasteiger partial charge in [-0.15, -0.1) is 0 Å². The summed E-state index contributed by atoms with van der Waals surface area (Å²) in [5.74, 6) is 1.28. The van der Waals surface area contributed by atoms with E-state index in [9.17, 15) is 9.59 Å². The van der Waals surface area contributed by atoms with Crippen LogP contribution in [0.15, 0.2) is 78.3 Å². The molecule has 0 saturated carbocycles. The van der Waals surface area contributed by atoms with Crippen LogP contribution in [0.4, 0.5) is 11.4 Å². The molecule has 1 amide bonds. The normalized spacial score (nSPS) is 18.5. The van der Waals surface area contributed by atoms with Crippen molar-refractivity contribution in [1.82, 2.24) is 4.98 Å². The number of ketones is 1. The van der Waals surface area contributed by atoms with Gasteiger partial charge in [0.25, 0.3) is 0 Å². The molecule has 2 unspecified atom stereocenters. The summed E-state index contributed by atoms with van der Waals surface area (Å²) in [6.45, 7) is 2.13. The summed E-state index contributed by atoms with van der Waals surface area (Å²) >= 11 is 0. The van der Waals surface area contributed by atoms with Crippen LogP contribution in [-0.4, -0.2) is 30.9 Å². The van der Waals surface area contributed by atoms with Crippen LogP contribution in [-0.2, 0) is 9.59 Å². The SMILES string of the molecule is CCCCCC(=O)N1c2ccccc2NC2=C(C(=O)CC(c3ccc(OC)c(OC)c3)C2)C1c1cccnc1. The van der Waals surface area contributed by atoms with Crippen LogP contribution >= 0.6 is 0 Å². The number of allylic oxidation sites excluding steroid dienone is 1. The Morgan fingerprint density at radius 1 is 1.00 bits per heavy atom. The quantitative estimate of drug-likeness (QED) is 0.335. The highest BCUT2D eigenvalue weighted by Gasteiger charge is 2.41. The van der Waals surface area contributed by atoms with E-state index >= 15 is 0 Å². The maximum Gasteiger partial charge on any atom is 0.227 e. The molecule has 1 aliphatic heterocycles. The highest BCUT2D eigenvalue weighted by atomic mass is 16.5. The summed E-state index contributed by atoms with van der Waals surface area (Å²) in [5.41, 5.74) is 4.91. The van der Waals surface area contributed by atoms with Crippen LogP contribution in [0.1, 0.15) is 68.5 Å². The van der Waals surface area contributed by atoms with Crippen LogP contribution in [0, 0.1) is 0 Å². The fourth-order valence-electron chi connectivity index (χ4n) is 5.71. The number of unbranched alkanes of at least 4 members (excludes halogenated alkanes) is 2. The van der Waals surface area contributed by atoms with Gasteiger partial charge in [0.1, 0.15) is 0 Å². The Labute approximate surface area is 229 Å². The van der Waals surface area contributed by atoms with Crippen molar-refractivity contribution in [2.45, 2.75) is 57.4 Å². The van der Waals surface area contributed by atoms with E-state index in [1.807, 2.05) is 59.5 Å². The second-order valence-electron chi connectivity index (χ2n) is 10.1. The zero-order chi connectivity index (χ0) is 27.4. The third kappa shape index (κ3) is 5.26. The van der Waals surface area contributed by atoms with E-state index in [0.29, 0.717) is 36.3 Å². The van der Waals surface area contributed by atoms with E-state index < -0.39 is 6.04 Å². The Morgan fingerprint density at radius 3 is 2.56 bits per heavy atom. The minimum Gasteiger partial charge on any atom is -0.493 e. The number of hydrogen-bond acceptors (Lipinski definition) is 6. The summed E-state index contributed by atoms with van der Waals surface area (Å²) < 4.78 is 11.0. The molecule has 7 nitrogen and oxygen atoms in total. The molecule has 0 spiro atoms. The summed E-state index contributed by atoms with van der Waals surface area (Å²) in [6.07, 6.45) is 7.68. The van der Waals surface area contributed by atoms with E-state index in [-0.39, 0.29) is 17.6 Å². The van der Waals surface area contributed by atoms with Crippen LogP contribution < -0.4 is 19.7 Å². The first-order valence-electron chi connectivity index (χ1n) is 13.6. The summed E-state index contributed by atoms with van der Waals surface area (Å²) in [6, 6.07) is 16.9. The molecule has 2 heterocycles. The average molecular weight is 526 g/mol. The molecule has 1 N–H and O–H groups in total. The van der Waals surface area contributed by atoms with E-state index in [4.69, 9.17) is 9.47 Å². The topological polar surface area (TPSA) is 80.8 Å². The fourth-order valence-corrected chi connectivity index (χ4v) is 5.71. The molecule has 0 radical (unpaired) electrons. The second-order valence-corrected chi connectivity index (χ2v) is 10.1. The number of carbonyl (C=O) groups excluding carboxylic acids is 2. The van der Waals surface area contributed by atoms with Gasteiger partial charge in [0, 0.05) is 36.5 Å². The van der Waals surface area contributed by atoms with Crippen molar-refractivity contribution in [2.24, 2.45) is 0 Å². The molecule has 1 aliphatic carbocycles. The third-order valence-corrected chi connectivity index (χ3v) is 7.63. The predicted octanol–water partition coefficient (Wildman–Crippen LogP) is 6.58. The van der Waals surface area contributed by atoms with Crippen molar-refractivity contribution in [3.63, 3.8) is 0 Å². The highest BCUT2D eigenvalue weighted by Crippen LogP contribution is 2.48. The fraction of sp³-hybridized carbons (Fsp3) is 0.344. The number of carbonyl (C=O) groups is 2. The van der Waals surface area contributed by atoms with Crippen molar-refractivity contribution < 1.29 is 19.1 Å². The van der Waals surface area contributed by atoms with Crippen molar-refractivity contribution >= 4 is 23.1 Å². The van der Waals surface area contributed by atoms with Crippen LogP contribution in [0.3, 0.4) is 0 Å². The first-order valence-corrected chi connectivity index (χ1v) is 13.6. The molecule has 2 aromatic carbocycles. The molecule has 1 aromatic heterocycles. The van der Waals surface area contributed by atoms with Gasteiger partial charge >= 0.3 is 0 Å². The molecule has 202 valence electrons. The number of Topliss-reactive ketones (excluding diaryl/α,β-unsaturated/α-hetero) is 1. The Kier molecular flexibility index (Phi) is 7.96. The first kappa shape index (κ1) is 26.5. The number of hydrogen-bond donors (Lipinski definition) is 1. The van der Waals surface area contributed by atoms with Crippen LogP contribution in [0.5, 0.6) is 11.5 Å². The van der Waals surface area contributed by atoms with Crippen LogP contribution in [0.25, 0.3) is 0 Å². The Balaban J connectivity index is 1.62. The molecular formula is C32H35N3O4. The molecular weight excluding hydrogens is 490 g/mol. The smallest absolute Gasteiger partial charge is 0.227 e. The number of para-hydroxylation sites is 2. The zero-order valence-electron chi connectivity index (χ0n) is 22.8. The maximum atomic E-state index is 14.1. The molecule has 3 aromatic rings. The van der Waals surface area contributed by atoms with E-state index in [1.165, 1.54) is 0 Å². The number of aromatic nitrogens is 1. The largest absolute Gasteiger partial charge is 0.493 e. The van der Waals surface area contributed by atoms with Crippen molar-refractivity contribution in [2.75, 3.05) is 24.4 Å². The van der Waals surface area contributed by atoms with Gasteiger partial charge in [-0.05, 0) is 60.2 Å². The number of rotatable bonds is 8. The highest BCUT2D eigenvalue weighted by molar-refractivity contribution is 6.06. The number of amides is 1. The van der Waals surface area contributed by atoms with Gasteiger partial charge in [-0.2, -0.15) is 0 Å². The van der Waals surface area contributed by atoms with Gasteiger partial charge in [-0.1, -0.05) is 44.0 Å². The lowest BCUT2D eigenvalue weighted by molar-refractivity contribution is -0.119. The third-order valence-electron chi connectivity index (χ3n) is 7.63. The van der Waals surface area contributed by atoms with Crippen molar-refractivity contribution in [1.29, 1.82) is 0 Å². The van der Waals surface area contributed by atoms with Gasteiger partial charge in [-0.3, -0.25) is 19.5 Å². The Hall–Kier alpha value is -4.13. The molecule has 2 atom stereocenters. The number of anilines is 2. The van der Waals surface area contributed by atoms with E-state index in [2.05, 4.69) is 17.2 Å². The minimum atomic E-state index is -0.558. The summed E-state index contributed by atoms with van der Waals surface area (Å²) in [7, 11) is 3.22. The molecule has 39 heavy (non-hydrogen) atoms. The van der Waals surface area contributed by atoms with E-state index in [1.54, 1.807) is 26.6 Å². The zero-order valence-corrected chi connectivity index (χ0v) is 22.8. The van der Waals surface area contributed by atoms with Gasteiger partial charge in [0.2, 0.25) is 5.91 Å². The minimum absolute atomic E-state index is 0.00937. The van der Waals surface area contributed by atoms with E-state index in [0.717, 1.165) is 47.5 Å². The average Bonchev–Trinajstić information content (AvgIpc) is 3.12. The number of pyridine rings is 1. The second kappa shape index (κ2) is 11.7. The number of fused-ring (bicyclic) bond motifs is 1. The lowest BCUT2D eigenvalue weighted by atomic mass is 9.78. The number of nitrogens with zero attached hydrogens (tertiary/aromatic N) is 2. The van der Waals surface area contributed by atoms with Crippen LogP contribution in [0.2, 0.25) is 0 Å². The van der Waals surface area contributed by atoms with Crippen molar-refractivity contribution in [3.05, 3.63) is 89.4 Å². The van der Waals surface area contributed by atoms with Crippen molar-refractivity contribution in [3.8, 4) is 11.5 Å². The lowest BCUT2D eigenvalue weighted by Crippen LogP contribution is -2.38. The number of methoxy groups -OCH3 is 2. The van der Waals surface area contributed by atoms with Gasteiger partial charge in [0.05, 0.1) is 31.6 Å². The maximum absolute atomic E-state index is 14.1. The molecule has 0 saturated heterocycles. The number of nitrogens with one attached hydrogen (secondary N) is 1. The Bertz CT molecular complexity index is 1390. The molecule has 7 heteroatoms. The molecule has 5 rings (SSSR count). The molecule has 0 fully saturated rings. The summed E-state index contributed by atoms with van der Waals surface area (Å²) in [5, 5.41) is 3.58. The Morgan fingerprint density at radius 2 is 1.82 bits per heavy atom. The predicted molar refractivity (Wildman–Crippen MR) is 152 cm³/mol. The van der Waals surface area contributed by atoms with Gasteiger partial charge in [0.15, 0.2) is 17.3 Å². The van der Waals surface area contributed by atoms with Gasteiger partial charge in [-0.25, -0.2) is 0 Å². The number of ether oxygens (including phenoxy) is 2. The summed E-state index contributed by atoms with van der Waals surface area (Å²) in [4.78, 5) is 34.2. The molecule has 0 bridgehead atoms.